The van der Waals surface area contributed by atoms with Gasteiger partial charge in [-0.25, -0.2) is 0 Å². The fourth-order valence-corrected chi connectivity index (χ4v) is 2.46. The normalized spacial score (nSPS) is 12.9. The van der Waals surface area contributed by atoms with E-state index in [0.29, 0.717) is 12.8 Å². The monoisotopic (exact) mass is 338 g/mol. The maximum Gasteiger partial charge on any atom is 0.389 e. The maximum absolute atomic E-state index is 11.9. The number of carbonyl (C=O) groups is 2. The van der Waals surface area contributed by atoms with E-state index >= 15 is 0 Å². The Labute approximate surface area is 137 Å². The van der Waals surface area contributed by atoms with E-state index in [0.717, 1.165) is 38.5 Å². The van der Waals surface area contributed by atoms with Crippen LogP contribution in [-0.4, -0.2) is 24.5 Å². The predicted molar refractivity (Wildman–Crippen MR) is 83.0 cm³/mol. The highest BCUT2D eigenvalue weighted by Gasteiger charge is 2.25. The number of unbranched alkanes of at least 4 members (excludes halogenated alkanes) is 7. The van der Waals surface area contributed by atoms with Gasteiger partial charge >= 0.3 is 12.1 Å². The summed E-state index contributed by atoms with van der Waals surface area (Å²) < 4.78 is 40.7. The van der Waals surface area contributed by atoms with Gasteiger partial charge in [-0.05, 0) is 26.7 Å². The smallest absolute Gasteiger partial charge is 0.389 e. The van der Waals surface area contributed by atoms with Crippen LogP contribution in [0.2, 0.25) is 0 Å². The summed E-state index contributed by atoms with van der Waals surface area (Å²) in [5.41, 5.74) is 0. The zero-order chi connectivity index (χ0) is 17.7. The van der Waals surface area contributed by atoms with Gasteiger partial charge < -0.3 is 4.74 Å². The van der Waals surface area contributed by atoms with Crippen LogP contribution in [0.15, 0.2) is 0 Å². The largest absolute Gasteiger partial charge is 0.465 e. The zero-order valence-corrected chi connectivity index (χ0v) is 14.2. The predicted octanol–water partition coefficient (Wildman–Crippen LogP) is 5.22. The van der Waals surface area contributed by atoms with Crippen molar-refractivity contribution in [2.45, 2.75) is 84.2 Å². The summed E-state index contributed by atoms with van der Waals surface area (Å²) >= 11 is 0. The molecule has 0 radical (unpaired) electrons. The molecular weight excluding hydrogens is 309 g/mol. The van der Waals surface area contributed by atoms with Crippen LogP contribution in [0.5, 0.6) is 0 Å². The molecule has 0 spiro atoms. The van der Waals surface area contributed by atoms with Gasteiger partial charge in [0.2, 0.25) is 0 Å². The van der Waals surface area contributed by atoms with E-state index in [9.17, 15) is 22.8 Å². The van der Waals surface area contributed by atoms with Crippen molar-refractivity contribution in [3.63, 3.8) is 0 Å². The van der Waals surface area contributed by atoms with Gasteiger partial charge in [0.25, 0.3) is 0 Å². The molecule has 0 aliphatic rings. The standard InChI is InChI=1S/C17H29F3O3/c1-3-23-16(22)15(14(2)21)12-10-8-6-4-5-7-9-11-13-17(18,19)20/h15H,3-13H2,1-2H3. The third-order valence-electron chi connectivity index (χ3n) is 3.76. The van der Waals surface area contributed by atoms with Crippen LogP contribution < -0.4 is 0 Å². The molecular formula is C17H29F3O3. The van der Waals surface area contributed by atoms with Gasteiger partial charge in [0.05, 0.1) is 6.61 Å². The average Bonchev–Trinajstić information content (AvgIpc) is 2.43. The van der Waals surface area contributed by atoms with Crippen LogP contribution in [0, 0.1) is 5.92 Å². The van der Waals surface area contributed by atoms with E-state index in [2.05, 4.69) is 0 Å². The maximum atomic E-state index is 11.9. The van der Waals surface area contributed by atoms with E-state index in [4.69, 9.17) is 4.74 Å². The Hall–Kier alpha value is -1.07. The van der Waals surface area contributed by atoms with Crippen molar-refractivity contribution in [2.75, 3.05) is 6.61 Å². The minimum atomic E-state index is -4.04. The summed E-state index contributed by atoms with van der Waals surface area (Å²) in [4.78, 5) is 23.0. The highest BCUT2D eigenvalue weighted by molar-refractivity contribution is 5.97. The second-order valence-electron chi connectivity index (χ2n) is 5.90. The molecule has 0 N–H and O–H groups in total. The van der Waals surface area contributed by atoms with E-state index in [1.54, 1.807) is 6.92 Å². The highest BCUT2D eigenvalue weighted by Crippen LogP contribution is 2.23. The number of rotatable bonds is 13. The first-order valence-corrected chi connectivity index (χ1v) is 8.51. The molecule has 0 fully saturated rings. The Morgan fingerprint density at radius 2 is 1.39 bits per heavy atom. The number of alkyl halides is 3. The Kier molecular flexibility index (Phi) is 11.8. The molecule has 0 heterocycles. The lowest BCUT2D eigenvalue weighted by Crippen LogP contribution is -2.24. The fourth-order valence-electron chi connectivity index (χ4n) is 2.46. The van der Waals surface area contributed by atoms with Crippen molar-refractivity contribution in [2.24, 2.45) is 5.92 Å². The molecule has 0 aliphatic carbocycles. The topological polar surface area (TPSA) is 43.4 Å². The van der Waals surface area contributed by atoms with Crippen LogP contribution >= 0.6 is 0 Å². The third-order valence-corrected chi connectivity index (χ3v) is 3.76. The molecule has 3 nitrogen and oxygen atoms in total. The van der Waals surface area contributed by atoms with Crippen LogP contribution in [0.25, 0.3) is 0 Å². The Bertz CT molecular complexity index is 340. The second kappa shape index (κ2) is 12.4. The molecule has 0 saturated carbocycles. The molecule has 0 aromatic carbocycles. The second-order valence-corrected chi connectivity index (χ2v) is 5.90. The number of hydrogen-bond donors (Lipinski definition) is 0. The van der Waals surface area contributed by atoms with Crippen LogP contribution in [-0.2, 0) is 14.3 Å². The summed E-state index contributed by atoms with van der Waals surface area (Å²) in [5.74, 6) is -1.25. The minimum Gasteiger partial charge on any atom is -0.465 e. The quantitative estimate of drug-likeness (QED) is 0.263. The van der Waals surface area contributed by atoms with Crippen molar-refractivity contribution in [1.82, 2.24) is 0 Å². The molecule has 0 amide bonds. The molecule has 23 heavy (non-hydrogen) atoms. The van der Waals surface area contributed by atoms with Gasteiger partial charge in [0.1, 0.15) is 11.7 Å². The molecule has 0 bridgehead atoms. The lowest BCUT2D eigenvalue weighted by atomic mass is 9.97. The lowest BCUT2D eigenvalue weighted by Gasteiger charge is -2.12. The molecule has 0 aliphatic heterocycles. The van der Waals surface area contributed by atoms with Crippen LogP contribution in [0.4, 0.5) is 13.2 Å². The van der Waals surface area contributed by atoms with Crippen LogP contribution in [0.1, 0.15) is 78.1 Å². The van der Waals surface area contributed by atoms with E-state index in [1.807, 2.05) is 0 Å². The Balaban J connectivity index is 3.57. The third kappa shape index (κ3) is 13.1. The molecule has 0 aromatic rings. The number of esters is 1. The molecule has 1 atom stereocenters. The van der Waals surface area contributed by atoms with Crippen molar-refractivity contribution < 1.29 is 27.5 Å². The first-order chi connectivity index (χ1) is 10.8. The van der Waals surface area contributed by atoms with Crippen molar-refractivity contribution >= 4 is 11.8 Å². The number of carbonyl (C=O) groups excluding carboxylic acids is 2. The summed E-state index contributed by atoms with van der Waals surface area (Å²) in [6.45, 7) is 3.39. The summed E-state index contributed by atoms with van der Waals surface area (Å²) in [6, 6.07) is 0. The minimum absolute atomic E-state index is 0.159. The van der Waals surface area contributed by atoms with Gasteiger partial charge in [-0.2, -0.15) is 13.2 Å². The van der Waals surface area contributed by atoms with E-state index in [1.165, 1.54) is 6.92 Å². The number of hydrogen-bond acceptors (Lipinski definition) is 3. The lowest BCUT2D eigenvalue weighted by molar-refractivity contribution is -0.151. The summed E-state index contributed by atoms with van der Waals surface area (Å²) in [5, 5.41) is 0. The SMILES string of the molecule is CCOC(=O)C(CCCCCCCCCCC(F)(F)F)C(C)=O. The van der Waals surface area contributed by atoms with Gasteiger partial charge in [-0.1, -0.05) is 44.9 Å². The van der Waals surface area contributed by atoms with Gasteiger partial charge in [-0.15, -0.1) is 0 Å². The number of ketones is 1. The summed E-state index contributed by atoms with van der Waals surface area (Å²) in [6.07, 6.45) is 2.06. The average molecular weight is 338 g/mol. The molecule has 0 rings (SSSR count). The zero-order valence-electron chi connectivity index (χ0n) is 14.2. The number of ether oxygens (including phenoxy) is 1. The first kappa shape index (κ1) is 21.9. The number of halogens is 3. The molecule has 136 valence electrons. The molecule has 1 unspecified atom stereocenters. The highest BCUT2D eigenvalue weighted by atomic mass is 19.4. The first-order valence-electron chi connectivity index (χ1n) is 8.51. The van der Waals surface area contributed by atoms with Crippen LogP contribution in [0.3, 0.4) is 0 Å². The van der Waals surface area contributed by atoms with Gasteiger partial charge in [-0.3, -0.25) is 9.59 Å². The van der Waals surface area contributed by atoms with Crippen molar-refractivity contribution in [3.05, 3.63) is 0 Å². The molecule has 0 aromatic heterocycles. The molecule has 6 heteroatoms. The van der Waals surface area contributed by atoms with Crippen molar-refractivity contribution in [1.29, 1.82) is 0 Å². The molecule has 0 saturated heterocycles. The van der Waals surface area contributed by atoms with E-state index < -0.39 is 24.5 Å². The fraction of sp³-hybridized carbons (Fsp3) is 0.882. The van der Waals surface area contributed by atoms with Gasteiger partial charge in [0.15, 0.2) is 0 Å². The van der Waals surface area contributed by atoms with E-state index in [-0.39, 0.29) is 18.8 Å². The Morgan fingerprint density at radius 1 is 0.913 bits per heavy atom. The Morgan fingerprint density at radius 3 is 1.83 bits per heavy atom. The number of Topliss-reactive ketones (excluding diaryl/α,β-unsaturated/α-hetero) is 1. The van der Waals surface area contributed by atoms with Crippen molar-refractivity contribution in [3.8, 4) is 0 Å². The summed E-state index contributed by atoms with van der Waals surface area (Å²) in [7, 11) is 0. The van der Waals surface area contributed by atoms with Gasteiger partial charge in [0, 0.05) is 6.42 Å².